The molecule has 0 aliphatic heterocycles. The zero-order valence-corrected chi connectivity index (χ0v) is 9.47. The monoisotopic (exact) mass is 242 g/mol. The van der Waals surface area contributed by atoms with Crippen molar-refractivity contribution in [2.75, 3.05) is 17.7 Å². The minimum atomic E-state index is -0.961. The summed E-state index contributed by atoms with van der Waals surface area (Å²) in [5.41, 5.74) is 5.69. The van der Waals surface area contributed by atoms with E-state index < -0.39 is 17.2 Å². The molecule has 94 valence electrons. The second-order valence-corrected chi connectivity index (χ2v) is 4.62. The van der Waals surface area contributed by atoms with E-state index in [0.29, 0.717) is 5.69 Å². The highest BCUT2D eigenvalue weighted by Crippen LogP contribution is 2.35. The number of nitrogens with one attached hydrogen (secondary N) is 1. The van der Waals surface area contributed by atoms with Crippen molar-refractivity contribution in [1.82, 2.24) is 0 Å². The molecule has 1 fully saturated rings. The van der Waals surface area contributed by atoms with Crippen molar-refractivity contribution in [2.45, 2.75) is 31.2 Å². The zero-order valence-electron chi connectivity index (χ0n) is 9.47. The van der Waals surface area contributed by atoms with Gasteiger partial charge in [0.15, 0.2) is 11.6 Å². The van der Waals surface area contributed by atoms with Crippen LogP contribution in [0.4, 0.5) is 20.2 Å². The van der Waals surface area contributed by atoms with Gasteiger partial charge in [0.05, 0.1) is 23.5 Å². The van der Waals surface area contributed by atoms with E-state index >= 15 is 0 Å². The molecule has 1 saturated carbocycles. The second kappa shape index (κ2) is 4.49. The lowest BCUT2D eigenvalue weighted by atomic mass is 9.98. The van der Waals surface area contributed by atoms with Gasteiger partial charge in [0.25, 0.3) is 0 Å². The number of hydrogen-bond donors (Lipinski definition) is 3. The lowest BCUT2D eigenvalue weighted by Gasteiger charge is -2.30. The fraction of sp³-hybridized carbons (Fsp3) is 0.500. The van der Waals surface area contributed by atoms with Gasteiger partial charge in [-0.1, -0.05) is 12.8 Å². The van der Waals surface area contributed by atoms with Crippen LogP contribution in [-0.4, -0.2) is 17.3 Å². The minimum absolute atomic E-state index is 0.0363. The van der Waals surface area contributed by atoms with E-state index in [4.69, 9.17) is 5.73 Å². The Morgan fingerprint density at radius 1 is 1.24 bits per heavy atom. The molecule has 0 atom stereocenters. The summed E-state index contributed by atoms with van der Waals surface area (Å²) >= 11 is 0. The molecule has 1 aliphatic rings. The number of aliphatic hydroxyl groups is 1. The summed E-state index contributed by atoms with van der Waals surface area (Å²) in [6, 6.07) is 2.00. The standard InChI is InChI=1S/C12H16F2N2O/c13-8-5-10(15)11(6-9(8)14)16-12(7-17)3-1-2-4-12/h5-6,16-17H,1-4,7,15H2. The van der Waals surface area contributed by atoms with E-state index in [1.807, 2.05) is 0 Å². The second-order valence-electron chi connectivity index (χ2n) is 4.62. The first kappa shape index (κ1) is 12.1. The summed E-state index contributed by atoms with van der Waals surface area (Å²) in [5.74, 6) is -1.90. The van der Waals surface area contributed by atoms with Crippen LogP contribution >= 0.6 is 0 Å². The first-order valence-corrected chi connectivity index (χ1v) is 5.70. The van der Waals surface area contributed by atoms with Gasteiger partial charge in [0.1, 0.15) is 0 Å². The molecular weight excluding hydrogens is 226 g/mol. The van der Waals surface area contributed by atoms with Crippen LogP contribution in [-0.2, 0) is 0 Å². The van der Waals surface area contributed by atoms with Crippen molar-refractivity contribution < 1.29 is 13.9 Å². The molecule has 1 aliphatic carbocycles. The molecule has 17 heavy (non-hydrogen) atoms. The number of anilines is 2. The molecule has 2 rings (SSSR count). The summed E-state index contributed by atoms with van der Waals surface area (Å²) in [7, 11) is 0. The number of nitrogen functional groups attached to an aromatic ring is 1. The lowest BCUT2D eigenvalue weighted by Crippen LogP contribution is -2.39. The predicted octanol–water partition coefficient (Wildman–Crippen LogP) is 2.26. The van der Waals surface area contributed by atoms with Gasteiger partial charge in [-0.15, -0.1) is 0 Å². The summed E-state index contributed by atoms with van der Waals surface area (Å²) in [5, 5.41) is 12.5. The van der Waals surface area contributed by atoms with Gasteiger partial charge in [-0.05, 0) is 12.8 Å². The van der Waals surface area contributed by atoms with Crippen LogP contribution in [0.2, 0.25) is 0 Å². The van der Waals surface area contributed by atoms with Crippen LogP contribution in [0.25, 0.3) is 0 Å². The van der Waals surface area contributed by atoms with Gasteiger partial charge in [-0.25, -0.2) is 8.78 Å². The van der Waals surface area contributed by atoms with E-state index in [0.717, 1.165) is 37.8 Å². The van der Waals surface area contributed by atoms with Crippen molar-refractivity contribution in [1.29, 1.82) is 0 Å². The van der Waals surface area contributed by atoms with Crippen LogP contribution < -0.4 is 11.1 Å². The van der Waals surface area contributed by atoms with Crippen LogP contribution in [0.5, 0.6) is 0 Å². The third-order valence-electron chi connectivity index (χ3n) is 3.36. The molecule has 0 aromatic heterocycles. The van der Waals surface area contributed by atoms with Gasteiger partial charge >= 0.3 is 0 Å². The maximum absolute atomic E-state index is 13.1. The smallest absolute Gasteiger partial charge is 0.161 e. The van der Waals surface area contributed by atoms with Gasteiger partial charge in [0.2, 0.25) is 0 Å². The average molecular weight is 242 g/mol. The van der Waals surface area contributed by atoms with Crippen molar-refractivity contribution >= 4 is 11.4 Å². The molecule has 0 radical (unpaired) electrons. The third-order valence-corrected chi connectivity index (χ3v) is 3.36. The Kier molecular flexibility index (Phi) is 3.19. The number of halogens is 2. The summed E-state index contributed by atoms with van der Waals surface area (Å²) in [6.45, 7) is -0.0363. The van der Waals surface area contributed by atoms with E-state index in [9.17, 15) is 13.9 Å². The Balaban J connectivity index is 2.26. The number of rotatable bonds is 3. The Labute approximate surface area is 98.6 Å². The molecular formula is C12H16F2N2O. The van der Waals surface area contributed by atoms with Crippen molar-refractivity contribution in [3.63, 3.8) is 0 Å². The van der Waals surface area contributed by atoms with Crippen LogP contribution in [0, 0.1) is 11.6 Å². The highest BCUT2D eigenvalue weighted by molar-refractivity contribution is 5.67. The molecule has 5 heteroatoms. The molecule has 0 spiro atoms. The molecule has 0 heterocycles. The first-order valence-electron chi connectivity index (χ1n) is 5.70. The Morgan fingerprint density at radius 2 is 1.82 bits per heavy atom. The van der Waals surface area contributed by atoms with Crippen LogP contribution in [0.1, 0.15) is 25.7 Å². The maximum atomic E-state index is 13.1. The third kappa shape index (κ3) is 2.34. The Bertz CT molecular complexity index is 417. The van der Waals surface area contributed by atoms with E-state index in [1.54, 1.807) is 0 Å². The molecule has 0 unspecified atom stereocenters. The van der Waals surface area contributed by atoms with Crippen molar-refractivity contribution in [3.05, 3.63) is 23.8 Å². The number of nitrogens with two attached hydrogens (primary N) is 1. The Morgan fingerprint density at radius 3 is 2.41 bits per heavy atom. The fourth-order valence-corrected chi connectivity index (χ4v) is 2.33. The summed E-state index contributed by atoms with van der Waals surface area (Å²) in [4.78, 5) is 0. The van der Waals surface area contributed by atoms with Gasteiger partial charge in [-0.2, -0.15) is 0 Å². The SMILES string of the molecule is Nc1cc(F)c(F)cc1NC1(CO)CCCC1. The summed E-state index contributed by atoms with van der Waals surface area (Å²) in [6.07, 6.45) is 3.64. The maximum Gasteiger partial charge on any atom is 0.161 e. The number of aliphatic hydroxyl groups excluding tert-OH is 1. The largest absolute Gasteiger partial charge is 0.397 e. The topological polar surface area (TPSA) is 58.3 Å². The summed E-state index contributed by atoms with van der Waals surface area (Å²) < 4.78 is 26.0. The van der Waals surface area contributed by atoms with E-state index in [-0.39, 0.29) is 12.3 Å². The fourth-order valence-electron chi connectivity index (χ4n) is 2.33. The van der Waals surface area contributed by atoms with E-state index in [1.165, 1.54) is 0 Å². The Hall–Kier alpha value is -1.36. The van der Waals surface area contributed by atoms with Crippen LogP contribution in [0.15, 0.2) is 12.1 Å². The predicted molar refractivity (Wildman–Crippen MR) is 62.7 cm³/mol. The van der Waals surface area contributed by atoms with Gasteiger partial charge < -0.3 is 16.2 Å². The quantitative estimate of drug-likeness (QED) is 0.712. The molecule has 0 bridgehead atoms. The number of benzene rings is 1. The highest BCUT2D eigenvalue weighted by Gasteiger charge is 2.33. The zero-order chi connectivity index (χ0) is 12.5. The molecule has 4 N–H and O–H groups in total. The highest BCUT2D eigenvalue weighted by atomic mass is 19.2. The van der Waals surface area contributed by atoms with Crippen LogP contribution in [0.3, 0.4) is 0 Å². The normalized spacial score (nSPS) is 18.3. The molecule has 3 nitrogen and oxygen atoms in total. The lowest BCUT2D eigenvalue weighted by molar-refractivity contribution is 0.214. The first-order chi connectivity index (χ1) is 8.06. The molecule has 0 saturated heterocycles. The van der Waals surface area contributed by atoms with Crippen molar-refractivity contribution in [3.8, 4) is 0 Å². The molecule has 0 amide bonds. The minimum Gasteiger partial charge on any atom is -0.397 e. The molecule has 1 aromatic rings. The van der Waals surface area contributed by atoms with Gasteiger partial charge in [0, 0.05) is 12.1 Å². The average Bonchev–Trinajstić information content (AvgIpc) is 2.75. The van der Waals surface area contributed by atoms with Gasteiger partial charge in [-0.3, -0.25) is 0 Å². The van der Waals surface area contributed by atoms with E-state index in [2.05, 4.69) is 5.32 Å². The van der Waals surface area contributed by atoms with Crippen molar-refractivity contribution in [2.24, 2.45) is 0 Å². The number of hydrogen-bond acceptors (Lipinski definition) is 3. The molecule has 1 aromatic carbocycles.